The molecule has 4 rings (SSSR count). The van der Waals surface area contributed by atoms with Gasteiger partial charge < -0.3 is 4.42 Å². The Morgan fingerprint density at radius 3 is 2.90 bits per heavy atom. The quantitative estimate of drug-likeness (QED) is 0.536. The molecule has 0 saturated heterocycles. The second-order valence-corrected chi connectivity index (χ2v) is 5.06. The van der Waals surface area contributed by atoms with Gasteiger partial charge in [-0.05, 0) is 36.2 Å². The van der Waals surface area contributed by atoms with Crippen molar-refractivity contribution in [3.8, 4) is 11.3 Å². The second kappa shape index (κ2) is 4.70. The predicted molar refractivity (Wildman–Crippen MR) is 84.1 cm³/mol. The summed E-state index contributed by atoms with van der Waals surface area (Å²) in [5.74, 6) is 0. The van der Waals surface area contributed by atoms with Crippen LogP contribution >= 0.6 is 0 Å². The SMILES string of the molecule is CCc1ccnc(-c2cccc3c2oc2ccncc23)c1. The van der Waals surface area contributed by atoms with Crippen molar-refractivity contribution in [3.63, 3.8) is 0 Å². The number of para-hydroxylation sites is 1. The van der Waals surface area contributed by atoms with Gasteiger partial charge in [-0.2, -0.15) is 0 Å². The number of fused-ring (bicyclic) bond motifs is 3. The van der Waals surface area contributed by atoms with E-state index in [1.54, 1.807) is 6.20 Å². The van der Waals surface area contributed by atoms with Crippen LogP contribution in [0.1, 0.15) is 12.5 Å². The monoisotopic (exact) mass is 274 g/mol. The van der Waals surface area contributed by atoms with Crippen molar-refractivity contribution >= 4 is 21.9 Å². The molecule has 102 valence electrons. The third kappa shape index (κ3) is 1.89. The van der Waals surface area contributed by atoms with Crippen LogP contribution in [0, 0.1) is 0 Å². The van der Waals surface area contributed by atoms with Gasteiger partial charge in [0.2, 0.25) is 0 Å². The molecule has 21 heavy (non-hydrogen) atoms. The highest BCUT2D eigenvalue weighted by molar-refractivity contribution is 6.08. The first-order valence-electron chi connectivity index (χ1n) is 7.07. The zero-order chi connectivity index (χ0) is 14.2. The smallest absolute Gasteiger partial charge is 0.144 e. The normalized spacial score (nSPS) is 11.3. The van der Waals surface area contributed by atoms with Gasteiger partial charge in [0.1, 0.15) is 11.2 Å². The van der Waals surface area contributed by atoms with Gasteiger partial charge >= 0.3 is 0 Å². The molecule has 3 nitrogen and oxygen atoms in total. The summed E-state index contributed by atoms with van der Waals surface area (Å²) in [6, 6.07) is 12.2. The molecule has 0 saturated carbocycles. The predicted octanol–water partition coefficient (Wildman–Crippen LogP) is 4.61. The Labute approximate surface area is 122 Å². The Kier molecular flexibility index (Phi) is 2.71. The maximum Gasteiger partial charge on any atom is 0.144 e. The Morgan fingerprint density at radius 1 is 1.05 bits per heavy atom. The van der Waals surface area contributed by atoms with Crippen LogP contribution in [0.4, 0.5) is 0 Å². The molecule has 0 fully saturated rings. The number of furan rings is 1. The van der Waals surface area contributed by atoms with E-state index in [9.17, 15) is 0 Å². The summed E-state index contributed by atoms with van der Waals surface area (Å²) < 4.78 is 6.03. The van der Waals surface area contributed by atoms with Crippen LogP contribution in [0.5, 0.6) is 0 Å². The van der Waals surface area contributed by atoms with Crippen LogP contribution in [-0.2, 0) is 6.42 Å². The van der Waals surface area contributed by atoms with Crippen molar-refractivity contribution in [2.45, 2.75) is 13.3 Å². The fraction of sp³-hybridized carbons (Fsp3) is 0.111. The van der Waals surface area contributed by atoms with Crippen molar-refractivity contribution in [1.29, 1.82) is 0 Å². The van der Waals surface area contributed by atoms with Gasteiger partial charge in [0.15, 0.2) is 0 Å². The van der Waals surface area contributed by atoms with E-state index >= 15 is 0 Å². The molecule has 0 spiro atoms. The molecule has 0 amide bonds. The number of benzene rings is 1. The lowest BCUT2D eigenvalue weighted by Crippen LogP contribution is -1.87. The van der Waals surface area contributed by atoms with Gasteiger partial charge in [-0.25, -0.2) is 0 Å². The Balaban J connectivity index is 2.04. The van der Waals surface area contributed by atoms with E-state index in [0.29, 0.717) is 0 Å². The molecule has 1 aromatic carbocycles. The number of pyridine rings is 2. The van der Waals surface area contributed by atoms with Crippen molar-refractivity contribution in [2.24, 2.45) is 0 Å². The molecular formula is C18H14N2O. The number of nitrogens with zero attached hydrogens (tertiary/aromatic N) is 2. The zero-order valence-corrected chi connectivity index (χ0v) is 11.7. The highest BCUT2D eigenvalue weighted by Crippen LogP contribution is 2.34. The number of rotatable bonds is 2. The average Bonchev–Trinajstić information content (AvgIpc) is 2.93. The maximum atomic E-state index is 6.03. The molecule has 0 aliphatic carbocycles. The van der Waals surface area contributed by atoms with E-state index in [2.05, 4.69) is 35.1 Å². The molecule has 4 aromatic rings. The van der Waals surface area contributed by atoms with Crippen molar-refractivity contribution < 1.29 is 4.42 Å². The minimum absolute atomic E-state index is 0.860. The minimum Gasteiger partial charge on any atom is -0.455 e. The Bertz CT molecular complexity index is 940. The van der Waals surface area contributed by atoms with Crippen LogP contribution in [0.3, 0.4) is 0 Å². The number of aromatic nitrogens is 2. The summed E-state index contributed by atoms with van der Waals surface area (Å²) in [7, 11) is 0. The van der Waals surface area contributed by atoms with Crippen molar-refractivity contribution in [2.75, 3.05) is 0 Å². The maximum absolute atomic E-state index is 6.03. The van der Waals surface area contributed by atoms with Gasteiger partial charge in [-0.15, -0.1) is 0 Å². The van der Waals surface area contributed by atoms with Crippen molar-refractivity contribution in [1.82, 2.24) is 9.97 Å². The molecule has 0 N–H and O–H groups in total. The van der Waals surface area contributed by atoms with Gasteiger partial charge in [-0.1, -0.05) is 19.1 Å². The molecule has 3 heterocycles. The standard InChI is InChI=1S/C18H14N2O/c1-2-12-6-9-20-16(10-12)14-5-3-4-13-15-11-19-8-7-17(15)21-18(13)14/h3-11H,2H2,1H3. The first-order chi connectivity index (χ1) is 10.4. The van der Waals surface area contributed by atoms with E-state index in [4.69, 9.17) is 4.42 Å². The molecule has 3 heteroatoms. The number of hydrogen-bond donors (Lipinski definition) is 0. The van der Waals surface area contributed by atoms with E-state index in [1.807, 2.05) is 30.6 Å². The van der Waals surface area contributed by atoms with Crippen LogP contribution in [0.15, 0.2) is 59.4 Å². The van der Waals surface area contributed by atoms with Gasteiger partial charge in [-0.3, -0.25) is 9.97 Å². The van der Waals surface area contributed by atoms with Crippen LogP contribution < -0.4 is 0 Å². The largest absolute Gasteiger partial charge is 0.455 e. The van der Waals surface area contributed by atoms with Crippen molar-refractivity contribution in [3.05, 3.63) is 60.6 Å². The fourth-order valence-electron chi connectivity index (χ4n) is 2.69. The van der Waals surface area contributed by atoms with E-state index in [1.165, 1.54) is 5.56 Å². The summed E-state index contributed by atoms with van der Waals surface area (Å²) in [5, 5.41) is 2.13. The number of aryl methyl sites for hydroxylation is 1. The lowest BCUT2D eigenvalue weighted by Gasteiger charge is -2.03. The molecule has 0 aliphatic heterocycles. The van der Waals surface area contributed by atoms with E-state index < -0.39 is 0 Å². The first kappa shape index (κ1) is 12.1. The molecule has 0 bridgehead atoms. The molecule has 0 unspecified atom stereocenters. The summed E-state index contributed by atoms with van der Waals surface area (Å²) in [6.07, 6.45) is 6.45. The third-order valence-corrected chi connectivity index (χ3v) is 3.81. The number of hydrogen-bond acceptors (Lipinski definition) is 3. The molecule has 0 aliphatic rings. The van der Waals surface area contributed by atoms with Crippen LogP contribution in [-0.4, -0.2) is 9.97 Å². The lowest BCUT2D eigenvalue weighted by atomic mass is 10.0. The lowest BCUT2D eigenvalue weighted by molar-refractivity contribution is 0.669. The molecule has 0 atom stereocenters. The molecule has 3 aromatic heterocycles. The Hall–Kier alpha value is -2.68. The molecule has 0 radical (unpaired) electrons. The summed E-state index contributed by atoms with van der Waals surface area (Å²) in [4.78, 5) is 8.69. The second-order valence-electron chi connectivity index (χ2n) is 5.06. The summed E-state index contributed by atoms with van der Waals surface area (Å²) in [6.45, 7) is 2.15. The van der Waals surface area contributed by atoms with E-state index in [-0.39, 0.29) is 0 Å². The topological polar surface area (TPSA) is 38.9 Å². The van der Waals surface area contributed by atoms with Gasteiger partial charge in [0, 0.05) is 34.9 Å². The third-order valence-electron chi connectivity index (χ3n) is 3.81. The van der Waals surface area contributed by atoms with Crippen LogP contribution in [0.2, 0.25) is 0 Å². The highest BCUT2D eigenvalue weighted by atomic mass is 16.3. The van der Waals surface area contributed by atoms with Crippen LogP contribution in [0.25, 0.3) is 33.2 Å². The molecular weight excluding hydrogens is 260 g/mol. The average molecular weight is 274 g/mol. The van der Waals surface area contributed by atoms with Gasteiger partial charge in [0.25, 0.3) is 0 Å². The highest BCUT2D eigenvalue weighted by Gasteiger charge is 2.12. The first-order valence-corrected chi connectivity index (χ1v) is 7.07. The Morgan fingerprint density at radius 2 is 2.00 bits per heavy atom. The van der Waals surface area contributed by atoms with Gasteiger partial charge in [0.05, 0.1) is 5.69 Å². The zero-order valence-electron chi connectivity index (χ0n) is 11.7. The summed E-state index contributed by atoms with van der Waals surface area (Å²) in [5.41, 5.74) is 4.99. The minimum atomic E-state index is 0.860. The fourth-order valence-corrected chi connectivity index (χ4v) is 2.69. The van der Waals surface area contributed by atoms with E-state index in [0.717, 1.165) is 39.6 Å². The summed E-state index contributed by atoms with van der Waals surface area (Å²) >= 11 is 0.